The van der Waals surface area contributed by atoms with Gasteiger partial charge >= 0.3 is 0 Å². The standard InChI is InChI=1S/C7H14N2O2/c1-4-6(10)9-5(2)7(11)8-3/h5H,4H2,1-3H3,(H,8,11)(H,9,10). The van der Waals surface area contributed by atoms with Crippen molar-refractivity contribution in [1.82, 2.24) is 10.6 Å². The van der Waals surface area contributed by atoms with Crippen molar-refractivity contribution in [3.05, 3.63) is 0 Å². The highest BCUT2D eigenvalue weighted by Crippen LogP contribution is 1.83. The van der Waals surface area contributed by atoms with Crippen LogP contribution in [0.2, 0.25) is 0 Å². The number of likely N-dealkylation sites (N-methyl/N-ethyl adjacent to an activating group) is 1. The van der Waals surface area contributed by atoms with Gasteiger partial charge in [-0.15, -0.1) is 0 Å². The molecule has 0 fully saturated rings. The Labute approximate surface area is 66.4 Å². The molecule has 0 saturated carbocycles. The minimum atomic E-state index is -0.438. The summed E-state index contributed by atoms with van der Waals surface area (Å²) in [6.07, 6.45) is 0.404. The molecule has 0 saturated heterocycles. The van der Waals surface area contributed by atoms with Gasteiger partial charge in [-0.05, 0) is 6.92 Å². The summed E-state index contributed by atoms with van der Waals surface area (Å²) in [6.45, 7) is 3.39. The second kappa shape index (κ2) is 4.71. The van der Waals surface area contributed by atoms with E-state index in [9.17, 15) is 9.59 Å². The van der Waals surface area contributed by atoms with E-state index < -0.39 is 6.04 Å². The van der Waals surface area contributed by atoms with Crippen LogP contribution in [0.4, 0.5) is 0 Å². The second-order valence-corrected chi connectivity index (χ2v) is 2.26. The number of amides is 2. The third-order valence-corrected chi connectivity index (χ3v) is 1.34. The van der Waals surface area contributed by atoms with Crippen LogP contribution in [0, 0.1) is 0 Å². The third kappa shape index (κ3) is 3.60. The Morgan fingerprint density at radius 3 is 2.36 bits per heavy atom. The van der Waals surface area contributed by atoms with Crippen molar-refractivity contribution in [2.75, 3.05) is 7.05 Å². The maximum atomic E-state index is 10.8. The molecular weight excluding hydrogens is 144 g/mol. The average molecular weight is 158 g/mol. The fourth-order valence-electron chi connectivity index (χ4n) is 0.626. The SMILES string of the molecule is CCC(=O)NC(C)C(=O)NC. The van der Waals surface area contributed by atoms with Crippen LogP contribution in [0.3, 0.4) is 0 Å². The first kappa shape index (κ1) is 9.94. The van der Waals surface area contributed by atoms with Gasteiger partial charge in [0.2, 0.25) is 11.8 Å². The van der Waals surface area contributed by atoms with Gasteiger partial charge in [-0.2, -0.15) is 0 Å². The lowest BCUT2D eigenvalue weighted by Crippen LogP contribution is -2.43. The molecule has 0 aliphatic heterocycles. The van der Waals surface area contributed by atoms with Crippen molar-refractivity contribution in [1.29, 1.82) is 0 Å². The zero-order chi connectivity index (χ0) is 8.85. The summed E-state index contributed by atoms with van der Waals surface area (Å²) in [7, 11) is 1.54. The van der Waals surface area contributed by atoms with E-state index in [1.54, 1.807) is 13.8 Å². The Kier molecular flexibility index (Phi) is 4.26. The maximum Gasteiger partial charge on any atom is 0.242 e. The summed E-state index contributed by atoms with van der Waals surface area (Å²) < 4.78 is 0. The van der Waals surface area contributed by atoms with Crippen molar-refractivity contribution in [2.45, 2.75) is 26.3 Å². The van der Waals surface area contributed by atoms with Gasteiger partial charge in [-0.1, -0.05) is 6.92 Å². The Hall–Kier alpha value is -1.06. The van der Waals surface area contributed by atoms with Gasteiger partial charge in [0.25, 0.3) is 0 Å². The molecule has 0 bridgehead atoms. The van der Waals surface area contributed by atoms with Crippen LogP contribution >= 0.6 is 0 Å². The van der Waals surface area contributed by atoms with Crippen LogP contribution < -0.4 is 10.6 Å². The van der Waals surface area contributed by atoms with E-state index in [4.69, 9.17) is 0 Å². The summed E-state index contributed by atoms with van der Waals surface area (Å²) >= 11 is 0. The first-order valence-corrected chi connectivity index (χ1v) is 3.62. The van der Waals surface area contributed by atoms with E-state index in [-0.39, 0.29) is 11.8 Å². The molecular formula is C7H14N2O2. The molecule has 0 aromatic heterocycles. The Balaban J connectivity index is 3.77. The highest BCUT2D eigenvalue weighted by Gasteiger charge is 2.11. The molecule has 0 aliphatic rings. The molecule has 2 N–H and O–H groups in total. The Bertz CT molecular complexity index is 157. The van der Waals surface area contributed by atoms with Crippen LogP contribution in [-0.4, -0.2) is 24.9 Å². The van der Waals surface area contributed by atoms with Gasteiger partial charge in [-0.25, -0.2) is 0 Å². The van der Waals surface area contributed by atoms with Crippen molar-refractivity contribution in [3.63, 3.8) is 0 Å². The van der Waals surface area contributed by atoms with E-state index in [1.807, 2.05) is 0 Å². The number of hydrogen-bond acceptors (Lipinski definition) is 2. The molecule has 0 aromatic rings. The molecule has 0 rings (SSSR count). The summed E-state index contributed by atoms with van der Waals surface area (Å²) in [5.41, 5.74) is 0. The maximum absolute atomic E-state index is 10.8. The Morgan fingerprint density at radius 1 is 1.45 bits per heavy atom. The molecule has 4 heteroatoms. The van der Waals surface area contributed by atoms with Crippen LogP contribution in [-0.2, 0) is 9.59 Å². The van der Waals surface area contributed by atoms with E-state index in [1.165, 1.54) is 7.05 Å². The molecule has 0 aromatic carbocycles. The van der Waals surface area contributed by atoms with Crippen LogP contribution in [0.5, 0.6) is 0 Å². The number of carbonyl (C=O) groups excluding carboxylic acids is 2. The zero-order valence-corrected chi connectivity index (χ0v) is 7.10. The minimum absolute atomic E-state index is 0.110. The molecule has 11 heavy (non-hydrogen) atoms. The molecule has 2 amide bonds. The number of hydrogen-bond donors (Lipinski definition) is 2. The Morgan fingerprint density at radius 2 is 2.00 bits per heavy atom. The lowest BCUT2D eigenvalue weighted by atomic mass is 10.3. The van der Waals surface area contributed by atoms with Crippen molar-refractivity contribution in [2.24, 2.45) is 0 Å². The molecule has 1 unspecified atom stereocenters. The van der Waals surface area contributed by atoms with E-state index in [0.717, 1.165) is 0 Å². The van der Waals surface area contributed by atoms with Crippen molar-refractivity contribution >= 4 is 11.8 Å². The highest BCUT2D eigenvalue weighted by molar-refractivity contribution is 5.86. The lowest BCUT2D eigenvalue weighted by Gasteiger charge is -2.10. The smallest absolute Gasteiger partial charge is 0.242 e. The predicted molar refractivity (Wildman–Crippen MR) is 42.0 cm³/mol. The first-order valence-electron chi connectivity index (χ1n) is 3.62. The largest absolute Gasteiger partial charge is 0.357 e. The van der Waals surface area contributed by atoms with Gasteiger partial charge < -0.3 is 10.6 Å². The van der Waals surface area contributed by atoms with Gasteiger partial charge in [-0.3, -0.25) is 9.59 Å². The molecule has 0 spiro atoms. The highest BCUT2D eigenvalue weighted by atomic mass is 16.2. The summed E-state index contributed by atoms with van der Waals surface area (Å²) in [5, 5.41) is 4.97. The topological polar surface area (TPSA) is 58.2 Å². The van der Waals surface area contributed by atoms with E-state index in [2.05, 4.69) is 10.6 Å². The number of nitrogens with one attached hydrogen (secondary N) is 2. The van der Waals surface area contributed by atoms with E-state index in [0.29, 0.717) is 6.42 Å². The van der Waals surface area contributed by atoms with Gasteiger partial charge in [0.05, 0.1) is 0 Å². The van der Waals surface area contributed by atoms with Gasteiger partial charge in [0.1, 0.15) is 6.04 Å². The molecule has 4 nitrogen and oxygen atoms in total. The third-order valence-electron chi connectivity index (χ3n) is 1.34. The minimum Gasteiger partial charge on any atom is -0.357 e. The lowest BCUT2D eigenvalue weighted by molar-refractivity contribution is -0.128. The van der Waals surface area contributed by atoms with Crippen molar-refractivity contribution in [3.8, 4) is 0 Å². The fourth-order valence-corrected chi connectivity index (χ4v) is 0.626. The molecule has 0 heterocycles. The summed E-state index contributed by atoms with van der Waals surface area (Å²) in [6, 6.07) is -0.438. The average Bonchev–Trinajstić information content (AvgIpc) is 2.02. The first-order chi connectivity index (χ1) is 5.11. The van der Waals surface area contributed by atoms with Gasteiger partial charge in [0, 0.05) is 13.5 Å². The predicted octanol–water partition coefficient (Wildman–Crippen LogP) is -0.353. The number of rotatable bonds is 3. The fraction of sp³-hybridized carbons (Fsp3) is 0.714. The van der Waals surface area contributed by atoms with Crippen LogP contribution in [0.1, 0.15) is 20.3 Å². The molecule has 0 radical (unpaired) electrons. The summed E-state index contributed by atoms with van der Waals surface area (Å²) in [4.78, 5) is 21.6. The molecule has 0 aliphatic carbocycles. The molecule has 64 valence electrons. The zero-order valence-electron chi connectivity index (χ0n) is 7.10. The quantitative estimate of drug-likeness (QED) is 0.589. The monoisotopic (exact) mass is 158 g/mol. The summed E-state index contributed by atoms with van der Waals surface area (Å²) in [5.74, 6) is -0.284. The van der Waals surface area contributed by atoms with Crippen LogP contribution in [0.15, 0.2) is 0 Å². The molecule has 1 atom stereocenters. The normalized spacial score (nSPS) is 11.9. The van der Waals surface area contributed by atoms with E-state index >= 15 is 0 Å². The van der Waals surface area contributed by atoms with Gasteiger partial charge in [0.15, 0.2) is 0 Å². The van der Waals surface area contributed by atoms with Crippen molar-refractivity contribution < 1.29 is 9.59 Å². The number of carbonyl (C=O) groups is 2. The van der Waals surface area contributed by atoms with Crippen LogP contribution in [0.25, 0.3) is 0 Å². The second-order valence-electron chi connectivity index (χ2n) is 2.26.